The van der Waals surface area contributed by atoms with Gasteiger partial charge in [-0.2, -0.15) is 11.8 Å². The highest BCUT2D eigenvalue weighted by Crippen LogP contribution is 2.29. The SMILES string of the molecule is CSCCN(C)CCC(=O)NC1CCCc2ccccc21. The molecule has 1 atom stereocenters. The van der Waals surface area contributed by atoms with E-state index in [0.29, 0.717) is 6.42 Å². The highest BCUT2D eigenvalue weighted by Gasteiger charge is 2.21. The van der Waals surface area contributed by atoms with Crippen LogP contribution in [0.2, 0.25) is 0 Å². The van der Waals surface area contributed by atoms with E-state index in [4.69, 9.17) is 0 Å². The summed E-state index contributed by atoms with van der Waals surface area (Å²) in [6.07, 6.45) is 6.06. The first-order valence-corrected chi connectivity index (χ1v) is 9.14. The molecule has 2 rings (SSSR count). The second-order valence-corrected chi connectivity index (χ2v) is 6.74. The maximum Gasteiger partial charge on any atom is 0.221 e. The minimum absolute atomic E-state index is 0.174. The molecule has 4 heteroatoms. The topological polar surface area (TPSA) is 32.3 Å². The highest BCUT2D eigenvalue weighted by atomic mass is 32.2. The summed E-state index contributed by atoms with van der Waals surface area (Å²) < 4.78 is 0. The molecule has 1 aromatic rings. The molecule has 0 bridgehead atoms. The molecule has 0 aliphatic heterocycles. The van der Waals surface area contributed by atoms with Crippen LogP contribution in [-0.2, 0) is 11.2 Å². The molecule has 1 aliphatic rings. The summed E-state index contributed by atoms with van der Waals surface area (Å²) >= 11 is 1.84. The molecule has 3 nitrogen and oxygen atoms in total. The number of nitrogens with one attached hydrogen (secondary N) is 1. The molecule has 116 valence electrons. The molecular formula is C17H26N2OS. The molecule has 1 aromatic carbocycles. The van der Waals surface area contributed by atoms with E-state index in [1.165, 1.54) is 11.1 Å². The molecule has 21 heavy (non-hydrogen) atoms. The van der Waals surface area contributed by atoms with E-state index in [2.05, 4.69) is 47.8 Å². The maximum atomic E-state index is 12.2. The van der Waals surface area contributed by atoms with Crippen molar-refractivity contribution in [3.05, 3.63) is 35.4 Å². The Bertz CT molecular complexity index is 464. The third kappa shape index (κ3) is 5.04. The van der Waals surface area contributed by atoms with Crippen LogP contribution in [0.1, 0.15) is 36.4 Å². The van der Waals surface area contributed by atoms with E-state index in [1.54, 1.807) is 0 Å². The van der Waals surface area contributed by atoms with Crippen molar-refractivity contribution in [1.82, 2.24) is 10.2 Å². The second-order valence-electron chi connectivity index (χ2n) is 5.76. The first kappa shape index (κ1) is 16.4. The number of hydrogen-bond acceptors (Lipinski definition) is 3. The zero-order chi connectivity index (χ0) is 15.1. The number of aryl methyl sites for hydroxylation is 1. The van der Waals surface area contributed by atoms with Gasteiger partial charge in [0.1, 0.15) is 0 Å². The second kappa shape index (κ2) is 8.44. The average Bonchev–Trinajstić information content (AvgIpc) is 2.51. The van der Waals surface area contributed by atoms with Crippen LogP contribution < -0.4 is 5.32 Å². The van der Waals surface area contributed by atoms with Gasteiger partial charge in [-0.25, -0.2) is 0 Å². The predicted octanol–water partition coefficient (Wildman–Crippen LogP) is 2.87. The number of carbonyl (C=O) groups excluding carboxylic acids is 1. The average molecular weight is 306 g/mol. The third-order valence-electron chi connectivity index (χ3n) is 4.10. The van der Waals surface area contributed by atoms with Crippen molar-refractivity contribution in [1.29, 1.82) is 0 Å². The quantitative estimate of drug-likeness (QED) is 0.841. The van der Waals surface area contributed by atoms with Gasteiger partial charge in [0.05, 0.1) is 6.04 Å². The lowest BCUT2D eigenvalue weighted by Crippen LogP contribution is -2.33. The van der Waals surface area contributed by atoms with E-state index in [9.17, 15) is 4.79 Å². The minimum Gasteiger partial charge on any atom is -0.349 e. The van der Waals surface area contributed by atoms with Crippen molar-refractivity contribution in [3.8, 4) is 0 Å². The normalized spacial score (nSPS) is 17.6. The fourth-order valence-electron chi connectivity index (χ4n) is 2.82. The molecule has 0 spiro atoms. The van der Waals surface area contributed by atoms with Gasteiger partial charge in [0.25, 0.3) is 0 Å². The molecule has 0 fully saturated rings. The molecule has 1 amide bonds. The molecule has 1 N–H and O–H groups in total. The van der Waals surface area contributed by atoms with Gasteiger partial charge in [0.2, 0.25) is 5.91 Å². The van der Waals surface area contributed by atoms with Gasteiger partial charge in [-0.15, -0.1) is 0 Å². The summed E-state index contributed by atoms with van der Waals surface area (Å²) in [4.78, 5) is 14.4. The van der Waals surface area contributed by atoms with Crippen molar-refractivity contribution in [2.45, 2.75) is 31.7 Å². The molecule has 0 saturated heterocycles. The van der Waals surface area contributed by atoms with Gasteiger partial charge < -0.3 is 10.2 Å². The fraction of sp³-hybridized carbons (Fsp3) is 0.588. The van der Waals surface area contributed by atoms with E-state index >= 15 is 0 Å². The fourth-order valence-corrected chi connectivity index (χ4v) is 3.32. The van der Waals surface area contributed by atoms with Crippen LogP contribution in [0.4, 0.5) is 0 Å². The molecule has 0 radical (unpaired) electrons. The van der Waals surface area contributed by atoms with Crippen molar-refractivity contribution in [2.24, 2.45) is 0 Å². The first-order chi connectivity index (χ1) is 10.2. The lowest BCUT2D eigenvalue weighted by atomic mass is 9.87. The zero-order valence-corrected chi connectivity index (χ0v) is 13.9. The van der Waals surface area contributed by atoms with Gasteiger partial charge in [-0.05, 0) is 43.7 Å². The highest BCUT2D eigenvalue weighted by molar-refractivity contribution is 7.98. The molecule has 0 aromatic heterocycles. The number of rotatable bonds is 7. The van der Waals surface area contributed by atoms with Crippen LogP contribution in [0.25, 0.3) is 0 Å². The van der Waals surface area contributed by atoms with Gasteiger partial charge in [-0.1, -0.05) is 24.3 Å². The van der Waals surface area contributed by atoms with Crippen LogP contribution in [0.5, 0.6) is 0 Å². The van der Waals surface area contributed by atoms with Gasteiger partial charge in [0, 0.05) is 25.3 Å². The summed E-state index contributed by atoms with van der Waals surface area (Å²) in [5, 5.41) is 3.22. The molecular weight excluding hydrogens is 280 g/mol. The van der Waals surface area contributed by atoms with E-state index < -0.39 is 0 Å². The Morgan fingerprint density at radius 3 is 3.00 bits per heavy atom. The van der Waals surface area contributed by atoms with Crippen molar-refractivity contribution < 1.29 is 4.79 Å². The number of benzene rings is 1. The predicted molar refractivity (Wildman–Crippen MR) is 90.8 cm³/mol. The first-order valence-electron chi connectivity index (χ1n) is 7.75. The molecule has 0 saturated carbocycles. The summed E-state index contributed by atoms with van der Waals surface area (Å²) in [7, 11) is 2.08. The smallest absolute Gasteiger partial charge is 0.221 e. The molecule has 1 unspecified atom stereocenters. The van der Waals surface area contributed by atoms with Crippen LogP contribution in [0.3, 0.4) is 0 Å². The Morgan fingerprint density at radius 1 is 1.38 bits per heavy atom. The Hall–Kier alpha value is -1.00. The van der Waals surface area contributed by atoms with Crippen LogP contribution >= 0.6 is 11.8 Å². The minimum atomic E-state index is 0.174. The van der Waals surface area contributed by atoms with E-state index in [1.807, 2.05) is 11.8 Å². The molecule has 1 aliphatic carbocycles. The van der Waals surface area contributed by atoms with E-state index in [0.717, 1.165) is 38.1 Å². The van der Waals surface area contributed by atoms with Gasteiger partial charge in [0.15, 0.2) is 0 Å². The van der Waals surface area contributed by atoms with Crippen molar-refractivity contribution >= 4 is 17.7 Å². The summed E-state index contributed by atoms with van der Waals surface area (Å²) in [6, 6.07) is 8.70. The number of fused-ring (bicyclic) bond motifs is 1. The number of nitrogens with zero attached hydrogens (tertiary/aromatic N) is 1. The number of hydrogen-bond donors (Lipinski definition) is 1. The van der Waals surface area contributed by atoms with Crippen LogP contribution in [0, 0.1) is 0 Å². The van der Waals surface area contributed by atoms with Gasteiger partial charge >= 0.3 is 0 Å². The number of thioether (sulfide) groups is 1. The molecule has 0 heterocycles. The van der Waals surface area contributed by atoms with E-state index in [-0.39, 0.29) is 11.9 Å². The zero-order valence-electron chi connectivity index (χ0n) is 13.1. The Morgan fingerprint density at radius 2 is 2.19 bits per heavy atom. The summed E-state index contributed by atoms with van der Waals surface area (Å²) in [5.41, 5.74) is 2.71. The monoisotopic (exact) mass is 306 g/mol. The van der Waals surface area contributed by atoms with Crippen molar-refractivity contribution in [2.75, 3.05) is 32.1 Å². The standard InChI is InChI=1S/C17H26N2OS/c1-19(12-13-21-2)11-10-17(20)18-16-9-5-7-14-6-3-4-8-15(14)16/h3-4,6,8,16H,5,7,9-13H2,1-2H3,(H,18,20). The third-order valence-corrected chi connectivity index (χ3v) is 4.69. The Kier molecular flexibility index (Phi) is 6.58. The Balaban J connectivity index is 1.81. The van der Waals surface area contributed by atoms with Gasteiger partial charge in [-0.3, -0.25) is 4.79 Å². The lowest BCUT2D eigenvalue weighted by Gasteiger charge is -2.26. The van der Waals surface area contributed by atoms with Crippen LogP contribution in [0.15, 0.2) is 24.3 Å². The maximum absolute atomic E-state index is 12.2. The largest absolute Gasteiger partial charge is 0.349 e. The Labute approximate surface area is 132 Å². The van der Waals surface area contributed by atoms with Crippen LogP contribution in [-0.4, -0.2) is 43.0 Å². The van der Waals surface area contributed by atoms with Crippen molar-refractivity contribution in [3.63, 3.8) is 0 Å². The summed E-state index contributed by atoms with van der Waals surface area (Å²) in [5.74, 6) is 1.29. The lowest BCUT2D eigenvalue weighted by molar-refractivity contribution is -0.122. The number of carbonyl (C=O) groups is 1. The summed E-state index contributed by atoms with van der Waals surface area (Å²) in [6.45, 7) is 1.88. The number of amides is 1.